The Morgan fingerprint density at radius 3 is 1.94 bits per heavy atom. The van der Waals surface area contributed by atoms with E-state index >= 15 is 0 Å². The van der Waals surface area contributed by atoms with E-state index in [1.807, 2.05) is 0 Å². The Bertz CT molecular complexity index is 357. The Labute approximate surface area is 99.0 Å². The Kier molecular flexibility index (Phi) is 3.76. The van der Waals surface area contributed by atoms with E-state index < -0.39 is 0 Å². The van der Waals surface area contributed by atoms with Crippen LogP contribution in [0.15, 0.2) is 12.1 Å². The highest BCUT2D eigenvalue weighted by molar-refractivity contribution is 5.40. The van der Waals surface area contributed by atoms with E-state index in [1.54, 1.807) is 0 Å². The second-order valence-corrected chi connectivity index (χ2v) is 5.48. The maximum Gasteiger partial charge on any atom is 0.0364 e. The van der Waals surface area contributed by atoms with Crippen molar-refractivity contribution < 1.29 is 0 Å². The van der Waals surface area contributed by atoms with E-state index in [9.17, 15) is 0 Å². The Morgan fingerprint density at radius 1 is 1.12 bits per heavy atom. The highest BCUT2D eigenvalue weighted by atomic mass is 14.7. The van der Waals surface area contributed by atoms with Crippen LogP contribution in [0.2, 0.25) is 0 Å². The second-order valence-electron chi connectivity index (χ2n) is 5.48. The molecule has 0 aliphatic rings. The van der Waals surface area contributed by atoms with Crippen molar-refractivity contribution in [3.05, 3.63) is 34.4 Å². The van der Waals surface area contributed by atoms with Crippen LogP contribution < -0.4 is 11.5 Å². The molecule has 0 radical (unpaired) electrons. The lowest BCUT2D eigenvalue weighted by atomic mass is 9.78. The summed E-state index contributed by atoms with van der Waals surface area (Å²) in [4.78, 5) is 0. The molecule has 0 aromatic heterocycles. The van der Waals surface area contributed by atoms with Crippen molar-refractivity contribution in [3.63, 3.8) is 0 Å². The fraction of sp³-hybridized carbons (Fsp3) is 0.571. The summed E-state index contributed by atoms with van der Waals surface area (Å²) < 4.78 is 0. The zero-order valence-corrected chi connectivity index (χ0v) is 11.1. The standard InChI is InChI=1S/C14H24N2/c1-9-6-10(2)12(11(3)7-9)13(16)14(4,5)8-15/h6-7,13H,8,15-16H2,1-5H3. The molecule has 1 aromatic rings. The van der Waals surface area contributed by atoms with Crippen LogP contribution in [0.5, 0.6) is 0 Å². The van der Waals surface area contributed by atoms with Gasteiger partial charge in [0, 0.05) is 6.04 Å². The first-order chi connectivity index (χ1) is 7.29. The summed E-state index contributed by atoms with van der Waals surface area (Å²) >= 11 is 0. The third-order valence-corrected chi connectivity index (χ3v) is 3.42. The normalized spacial score (nSPS) is 13.9. The molecule has 0 heterocycles. The van der Waals surface area contributed by atoms with Crippen LogP contribution in [-0.4, -0.2) is 6.54 Å². The minimum Gasteiger partial charge on any atom is -0.330 e. The monoisotopic (exact) mass is 220 g/mol. The van der Waals surface area contributed by atoms with Crippen LogP contribution in [0.4, 0.5) is 0 Å². The van der Waals surface area contributed by atoms with Gasteiger partial charge in [0.05, 0.1) is 0 Å². The molecule has 16 heavy (non-hydrogen) atoms. The van der Waals surface area contributed by atoms with Gasteiger partial charge in [-0.25, -0.2) is 0 Å². The molecule has 1 rings (SSSR count). The van der Waals surface area contributed by atoms with Gasteiger partial charge >= 0.3 is 0 Å². The van der Waals surface area contributed by atoms with Gasteiger partial charge in [-0.3, -0.25) is 0 Å². The summed E-state index contributed by atoms with van der Waals surface area (Å²) in [7, 11) is 0. The molecule has 1 aromatic carbocycles. The summed E-state index contributed by atoms with van der Waals surface area (Å²) in [5.41, 5.74) is 17.2. The highest BCUT2D eigenvalue weighted by Crippen LogP contribution is 2.34. The number of hydrogen-bond donors (Lipinski definition) is 2. The van der Waals surface area contributed by atoms with Gasteiger partial charge < -0.3 is 11.5 Å². The lowest BCUT2D eigenvalue weighted by molar-refractivity contribution is 0.299. The SMILES string of the molecule is Cc1cc(C)c(C(N)C(C)(C)CN)c(C)c1. The van der Waals surface area contributed by atoms with Crippen molar-refractivity contribution in [1.82, 2.24) is 0 Å². The van der Waals surface area contributed by atoms with Crippen LogP contribution in [0.25, 0.3) is 0 Å². The van der Waals surface area contributed by atoms with Gasteiger partial charge in [0.25, 0.3) is 0 Å². The van der Waals surface area contributed by atoms with Crippen LogP contribution in [0.3, 0.4) is 0 Å². The van der Waals surface area contributed by atoms with Gasteiger partial charge in [0.2, 0.25) is 0 Å². The molecule has 0 aliphatic carbocycles. The van der Waals surface area contributed by atoms with Crippen LogP contribution in [0, 0.1) is 26.2 Å². The molecule has 0 amide bonds. The molecule has 0 saturated heterocycles. The van der Waals surface area contributed by atoms with E-state index in [2.05, 4.69) is 46.8 Å². The van der Waals surface area contributed by atoms with Gasteiger partial charge in [-0.2, -0.15) is 0 Å². The summed E-state index contributed by atoms with van der Waals surface area (Å²) in [5.74, 6) is 0. The average molecular weight is 220 g/mol. The zero-order chi connectivity index (χ0) is 12.5. The topological polar surface area (TPSA) is 52.0 Å². The van der Waals surface area contributed by atoms with E-state index in [-0.39, 0.29) is 11.5 Å². The summed E-state index contributed by atoms with van der Waals surface area (Å²) in [6.45, 7) is 11.2. The van der Waals surface area contributed by atoms with E-state index in [1.165, 1.54) is 22.3 Å². The molecule has 0 aliphatic heterocycles. The predicted octanol–water partition coefficient (Wildman–Crippen LogP) is 2.60. The summed E-state index contributed by atoms with van der Waals surface area (Å²) in [6, 6.07) is 4.38. The molecule has 90 valence electrons. The Hall–Kier alpha value is -0.860. The van der Waals surface area contributed by atoms with Crippen molar-refractivity contribution in [2.75, 3.05) is 6.54 Å². The van der Waals surface area contributed by atoms with Crippen molar-refractivity contribution in [3.8, 4) is 0 Å². The fourth-order valence-corrected chi connectivity index (χ4v) is 2.20. The number of aryl methyl sites for hydroxylation is 3. The minimum atomic E-state index is -0.0647. The molecule has 0 spiro atoms. The largest absolute Gasteiger partial charge is 0.330 e. The smallest absolute Gasteiger partial charge is 0.0364 e. The fourth-order valence-electron chi connectivity index (χ4n) is 2.20. The molecule has 0 bridgehead atoms. The Balaban J connectivity index is 3.24. The van der Waals surface area contributed by atoms with E-state index in [4.69, 9.17) is 11.5 Å². The molecular formula is C14H24N2. The molecule has 1 unspecified atom stereocenters. The molecule has 1 atom stereocenters. The second kappa shape index (κ2) is 4.56. The van der Waals surface area contributed by atoms with Gasteiger partial charge in [-0.15, -0.1) is 0 Å². The number of rotatable bonds is 3. The van der Waals surface area contributed by atoms with Gasteiger partial charge in [-0.1, -0.05) is 31.5 Å². The van der Waals surface area contributed by atoms with E-state index in [0.717, 1.165) is 0 Å². The molecular weight excluding hydrogens is 196 g/mol. The maximum atomic E-state index is 6.36. The van der Waals surface area contributed by atoms with Crippen molar-refractivity contribution in [2.45, 2.75) is 40.7 Å². The average Bonchev–Trinajstić information content (AvgIpc) is 2.15. The quantitative estimate of drug-likeness (QED) is 0.822. The van der Waals surface area contributed by atoms with Crippen LogP contribution >= 0.6 is 0 Å². The Morgan fingerprint density at radius 2 is 1.56 bits per heavy atom. The highest BCUT2D eigenvalue weighted by Gasteiger charge is 2.28. The third kappa shape index (κ3) is 2.45. The van der Waals surface area contributed by atoms with Crippen molar-refractivity contribution in [1.29, 1.82) is 0 Å². The first kappa shape index (κ1) is 13.2. The number of benzene rings is 1. The molecule has 2 heteroatoms. The first-order valence-corrected chi connectivity index (χ1v) is 5.83. The minimum absolute atomic E-state index is 0.00176. The maximum absolute atomic E-state index is 6.36. The zero-order valence-electron chi connectivity index (χ0n) is 11.1. The lowest BCUT2D eigenvalue weighted by Gasteiger charge is -2.32. The lowest BCUT2D eigenvalue weighted by Crippen LogP contribution is -2.36. The number of hydrogen-bond acceptors (Lipinski definition) is 2. The molecule has 0 fully saturated rings. The summed E-state index contributed by atoms with van der Waals surface area (Å²) in [6.07, 6.45) is 0. The van der Waals surface area contributed by atoms with Gasteiger partial charge in [0.15, 0.2) is 0 Å². The van der Waals surface area contributed by atoms with Crippen LogP contribution in [-0.2, 0) is 0 Å². The van der Waals surface area contributed by atoms with E-state index in [0.29, 0.717) is 6.54 Å². The van der Waals surface area contributed by atoms with Crippen molar-refractivity contribution in [2.24, 2.45) is 16.9 Å². The van der Waals surface area contributed by atoms with Crippen LogP contribution in [0.1, 0.15) is 42.1 Å². The molecule has 2 nitrogen and oxygen atoms in total. The van der Waals surface area contributed by atoms with Gasteiger partial charge in [-0.05, 0) is 49.4 Å². The predicted molar refractivity (Wildman–Crippen MR) is 70.4 cm³/mol. The van der Waals surface area contributed by atoms with Crippen molar-refractivity contribution >= 4 is 0 Å². The third-order valence-electron chi connectivity index (χ3n) is 3.42. The number of nitrogens with two attached hydrogens (primary N) is 2. The molecule has 0 saturated carbocycles. The molecule has 4 N–H and O–H groups in total. The first-order valence-electron chi connectivity index (χ1n) is 5.83. The van der Waals surface area contributed by atoms with Gasteiger partial charge in [0.1, 0.15) is 0 Å². The summed E-state index contributed by atoms with van der Waals surface area (Å²) in [5, 5.41) is 0.